The Morgan fingerprint density at radius 1 is 1.04 bits per heavy atom. The summed E-state index contributed by atoms with van der Waals surface area (Å²) in [6.45, 7) is 6.92. The number of aromatic nitrogens is 4. The minimum atomic E-state index is 0.0942. The summed E-state index contributed by atoms with van der Waals surface area (Å²) in [4.78, 5) is 21.3. The van der Waals surface area contributed by atoms with E-state index < -0.39 is 0 Å². The zero-order valence-corrected chi connectivity index (χ0v) is 14.4. The van der Waals surface area contributed by atoms with Gasteiger partial charge in [0.05, 0.1) is 0 Å². The highest BCUT2D eigenvalue weighted by molar-refractivity contribution is 5.94. The second-order valence-corrected chi connectivity index (χ2v) is 6.40. The first-order valence-electron chi connectivity index (χ1n) is 8.40. The van der Waals surface area contributed by atoms with Gasteiger partial charge in [0.25, 0.3) is 11.7 Å². The molecular weight excluding hydrogens is 316 g/mol. The second kappa shape index (κ2) is 6.16. The number of nitrogens with zero attached hydrogens (tertiary/aromatic N) is 6. The van der Waals surface area contributed by atoms with Crippen LogP contribution in [0.25, 0.3) is 5.78 Å². The monoisotopic (exact) mass is 336 g/mol. The topological polar surface area (TPSA) is 66.6 Å². The number of hydrogen-bond acceptors (Lipinski definition) is 5. The van der Waals surface area contributed by atoms with E-state index >= 15 is 0 Å². The van der Waals surface area contributed by atoms with Gasteiger partial charge in [-0.1, -0.05) is 17.7 Å². The molecule has 0 N–H and O–H groups in total. The molecule has 7 heteroatoms. The smallest absolute Gasteiger partial charge is 0.256 e. The number of hydrogen-bond donors (Lipinski definition) is 0. The third kappa shape index (κ3) is 2.93. The Balaban J connectivity index is 1.47. The Morgan fingerprint density at radius 2 is 1.76 bits per heavy atom. The van der Waals surface area contributed by atoms with Crippen molar-refractivity contribution in [2.75, 3.05) is 31.1 Å². The van der Waals surface area contributed by atoms with Crippen LogP contribution in [0.5, 0.6) is 0 Å². The molecule has 3 aromatic rings. The van der Waals surface area contributed by atoms with Gasteiger partial charge in [0.15, 0.2) is 0 Å². The van der Waals surface area contributed by atoms with Crippen molar-refractivity contribution >= 4 is 17.5 Å². The minimum absolute atomic E-state index is 0.0942. The van der Waals surface area contributed by atoms with Gasteiger partial charge in [-0.25, -0.2) is 0 Å². The van der Waals surface area contributed by atoms with Crippen LogP contribution in [0.2, 0.25) is 0 Å². The van der Waals surface area contributed by atoms with Crippen LogP contribution in [-0.2, 0) is 0 Å². The summed E-state index contributed by atoms with van der Waals surface area (Å²) < 4.78 is 1.86. The molecule has 0 unspecified atom stereocenters. The van der Waals surface area contributed by atoms with Gasteiger partial charge >= 0.3 is 0 Å². The summed E-state index contributed by atoms with van der Waals surface area (Å²) in [5.41, 5.74) is 2.95. The molecule has 25 heavy (non-hydrogen) atoms. The predicted octanol–water partition coefficient (Wildman–Crippen LogP) is 1.70. The first-order chi connectivity index (χ1) is 12.1. The molecule has 1 saturated heterocycles. The molecule has 0 atom stereocenters. The Hall–Kier alpha value is -2.96. The summed E-state index contributed by atoms with van der Waals surface area (Å²) in [5, 5.41) is 7.94. The van der Waals surface area contributed by atoms with Crippen molar-refractivity contribution in [2.45, 2.75) is 13.8 Å². The number of fused-ring (bicyclic) bond motifs is 1. The van der Waals surface area contributed by atoms with Crippen LogP contribution < -0.4 is 4.90 Å². The number of amides is 1. The molecule has 1 fully saturated rings. The quantitative estimate of drug-likeness (QED) is 0.713. The van der Waals surface area contributed by atoms with Crippen molar-refractivity contribution in [1.29, 1.82) is 0 Å². The van der Waals surface area contributed by atoms with Gasteiger partial charge in [-0.2, -0.15) is 4.98 Å². The van der Waals surface area contributed by atoms with Gasteiger partial charge in [0, 0.05) is 43.5 Å². The molecule has 3 heterocycles. The van der Waals surface area contributed by atoms with Crippen LogP contribution in [0.1, 0.15) is 21.6 Å². The molecular formula is C18H20N6O. The fraction of sp³-hybridized carbons (Fsp3) is 0.333. The molecule has 2 aromatic heterocycles. The van der Waals surface area contributed by atoms with E-state index in [0.717, 1.165) is 35.7 Å². The molecule has 0 bridgehead atoms. The summed E-state index contributed by atoms with van der Waals surface area (Å²) in [6.07, 6.45) is 1.67. The average molecular weight is 336 g/mol. The first kappa shape index (κ1) is 15.6. The summed E-state index contributed by atoms with van der Waals surface area (Å²) >= 11 is 0. The number of aryl methyl sites for hydroxylation is 2. The molecule has 0 spiro atoms. The van der Waals surface area contributed by atoms with Crippen LogP contribution in [0, 0.1) is 13.8 Å². The highest BCUT2D eigenvalue weighted by atomic mass is 16.2. The second-order valence-electron chi connectivity index (χ2n) is 6.40. The predicted molar refractivity (Wildman–Crippen MR) is 94.8 cm³/mol. The number of anilines is 1. The lowest BCUT2D eigenvalue weighted by atomic mass is 10.1. The molecule has 0 radical (unpaired) electrons. The van der Waals surface area contributed by atoms with Crippen LogP contribution in [0.4, 0.5) is 5.82 Å². The van der Waals surface area contributed by atoms with E-state index in [-0.39, 0.29) is 5.91 Å². The maximum Gasteiger partial charge on any atom is 0.256 e. The fourth-order valence-corrected chi connectivity index (χ4v) is 3.12. The van der Waals surface area contributed by atoms with E-state index in [1.165, 1.54) is 0 Å². The molecule has 1 aliphatic heterocycles. The molecule has 0 aliphatic carbocycles. The summed E-state index contributed by atoms with van der Waals surface area (Å²) in [6, 6.07) is 9.78. The lowest BCUT2D eigenvalue weighted by molar-refractivity contribution is 0.0746. The van der Waals surface area contributed by atoms with Gasteiger partial charge in [-0.05, 0) is 26.0 Å². The lowest BCUT2D eigenvalue weighted by Crippen LogP contribution is -2.49. The van der Waals surface area contributed by atoms with Gasteiger partial charge in [-0.15, -0.1) is 10.2 Å². The van der Waals surface area contributed by atoms with Crippen LogP contribution in [-0.4, -0.2) is 56.6 Å². The highest BCUT2D eigenvalue weighted by Gasteiger charge is 2.23. The van der Waals surface area contributed by atoms with Crippen molar-refractivity contribution in [3.8, 4) is 0 Å². The number of piperazine rings is 1. The molecule has 1 amide bonds. The van der Waals surface area contributed by atoms with Crippen molar-refractivity contribution in [3.63, 3.8) is 0 Å². The first-order valence-corrected chi connectivity index (χ1v) is 8.40. The van der Waals surface area contributed by atoms with E-state index in [2.05, 4.69) is 20.1 Å². The van der Waals surface area contributed by atoms with Gasteiger partial charge in [0.2, 0.25) is 0 Å². The molecule has 1 aliphatic rings. The zero-order chi connectivity index (χ0) is 17.4. The standard InChI is InChI=1S/C18H20N6O/c1-13-3-5-15(6-4-13)17(25)23-9-7-22(8-10-23)16-11-14(2)24-12-19-21-18(24)20-16/h3-6,11-12H,7-10H2,1-2H3. The number of rotatable bonds is 2. The van der Waals surface area contributed by atoms with Crippen LogP contribution in [0.15, 0.2) is 36.7 Å². The average Bonchev–Trinajstić information content (AvgIpc) is 3.11. The van der Waals surface area contributed by atoms with Gasteiger partial charge in [0.1, 0.15) is 12.1 Å². The van der Waals surface area contributed by atoms with E-state index in [0.29, 0.717) is 18.9 Å². The SMILES string of the molecule is Cc1ccc(C(=O)N2CCN(c3cc(C)n4cnnc4n3)CC2)cc1. The van der Waals surface area contributed by atoms with Crippen molar-refractivity contribution in [2.24, 2.45) is 0 Å². The van der Waals surface area contributed by atoms with Gasteiger partial charge in [-0.3, -0.25) is 9.20 Å². The number of carbonyl (C=O) groups excluding carboxylic acids is 1. The largest absolute Gasteiger partial charge is 0.353 e. The highest BCUT2D eigenvalue weighted by Crippen LogP contribution is 2.18. The maximum atomic E-state index is 12.6. The lowest BCUT2D eigenvalue weighted by Gasteiger charge is -2.35. The molecule has 4 rings (SSSR count). The van der Waals surface area contributed by atoms with Crippen molar-refractivity contribution < 1.29 is 4.79 Å². The summed E-state index contributed by atoms with van der Waals surface area (Å²) in [7, 11) is 0. The van der Waals surface area contributed by atoms with E-state index in [1.807, 2.05) is 53.5 Å². The Kier molecular flexibility index (Phi) is 3.83. The fourth-order valence-electron chi connectivity index (χ4n) is 3.12. The van der Waals surface area contributed by atoms with E-state index in [1.54, 1.807) is 6.33 Å². The minimum Gasteiger partial charge on any atom is -0.353 e. The molecule has 128 valence electrons. The van der Waals surface area contributed by atoms with Gasteiger partial charge < -0.3 is 9.80 Å². The molecule has 7 nitrogen and oxygen atoms in total. The Morgan fingerprint density at radius 3 is 2.48 bits per heavy atom. The molecule has 1 aromatic carbocycles. The van der Waals surface area contributed by atoms with E-state index in [4.69, 9.17) is 0 Å². The summed E-state index contributed by atoms with van der Waals surface area (Å²) in [5.74, 6) is 1.59. The maximum absolute atomic E-state index is 12.6. The van der Waals surface area contributed by atoms with E-state index in [9.17, 15) is 4.79 Å². The third-order valence-corrected chi connectivity index (χ3v) is 4.65. The van der Waals surface area contributed by atoms with Crippen molar-refractivity contribution in [1.82, 2.24) is 24.5 Å². The Bertz CT molecular complexity index is 909. The number of carbonyl (C=O) groups is 1. The van der Waals surface area contributed by atoms with Crippen LogP contribution in [0.3, 0.4) is 0 Å². The number of benzene rings is 1. The zero-order valence-electron chi connectivity index (χ0n) is 14.4. The van der Waals surface area contributed by atoms with Crippen LogP contribution >= 0.6 is 0 Å². The Labute approximate surface area is 145 Å². The molecule has 0 saturated carbocycles. The van der Waals surface area contributed by atoms with Crippen molar-refractivity contribution in [3.05, 3.63) is 53.5 Å². The third-order valence-electron chi connectivity index (χ3n) is 4.65. The normalized spacial score (nSPS) is 15.0.